The summed E-state index contributed by atoms with van der Waals surface area (Å²) in [5.74, 6) is 0. The minimum Gasteiger partial charge on any atom is -0.309 e. The van der Waals surface area contributed by atoms with E-state index in [2.05, 4.69) is 43.1 Å². The highest BCUT2D eigenvalue weighted by atomic mass is 35.5. The predicted octanol–water partition coefficient (Wildman–Crippen LogP) is 3.47. The maximum Gasteiger partial charge on any atom is 0.0480 e. The topological polar surface area (TPSA) is 15.3 Å². The van der Waals surface area contributed by atoms with Crippen molar-refractivity contribution in [3.63, 3.8) is 0 Å². The second-order valence-corrected chi connectivity index (χ2v) is 5.19. The molecule has 18 heavy (non-hydrogen) atoms. The molecular weight excluding hydrogens is 244 g/mol. The van der Waals surface area contributed by atoms with Crippen molar-refractivity contribution in [2.45, 2.75) is 40.3 Å². The van der Waals surface area contributed by atoms with Crippen LogP contribution in [-0.4, -0.2) is 30.6 Å². The molecule has 2 nitrogen and oxygen atoms in total. The van der Waals surface area contributed by atoms with E-state index in [1.165, 1.54) is 5.56 Å². The van der Waals surface area contributed by atoms with Crippen LogP contribution in [-0.2, 0) is 6.54 Å². The number of hydrogen-bond donors (Lipinski definition) is 1. The van der Waals surface area contributed by atoms with E-state index in [-0.39, 0.29) is 0 Å². The Morgan fingerprint density at radius 3 is 2.56 bits per heavy atom. The summed E-state index contributed by atoms with van der Waals surface area (Å²) in [6.45, 7) is 12.8. The predicted molar refractivity (Wildman–Crippen MR) is 80.3 cm³/mol. The van der Waals surface area contributed by atoms with E-state index in [0.717, 1.165) is 36.8 Å². The van der Waals surface area contributed by atoms with Gasteiger partial charge in [-0.15, -0.1) is 0 Å². The zero-order valence-electron chi connectivity index (χ0n) is 12.0. The van der Waals surface area contributed by atoms with Gasteiger partial charge in [-0.3, -0.25) is 0 Å². The van der Waals surface area contributed by atoms with Crippen molar-refractivity contribution in [3.05, 3.63) is 34.3 Å². The Morgan fingerprint density at radius 1 is 1.28 bits per heavy atom. The summed E-state index contributed by atoms with van der Waals surface area (Å²) in [4.78, 5) is 2.43. The maximum atomic E-state index is 6.29. The molecule has 1 N–H and O–H groups in total. The van der Waals surface area contributed by atoms with Gasteiger partial charge in [-0.05, 0) is 38.1 Å². The van der Waals surface area contributed by atoms with Crippen LogP contribution in [0.3, 0.4) is 0 Å². The molecule has 3 heteroatoms. The average molecular weight is 269 g/mol. The van der Waals surface area contributed by atoms with E-state index in [4.69, 9.17) is 11.6 Å². The number of halogens is 1. The Morgan fingerprint density at radius 2 is 1.94 bits per heavy atom. The summed E-state index contributed by atoms with van der Waals surface area (Å²) in [5, 5.41) is 4.43. The molecule has 0 bridgehead atoms. The van der Waals surface area contributed by atoms with Crippen LogP contribution in [0.15, 0.2) is 18.2 Å². The van der Waals surface area contributed by atoms with Crippen LogP contribution in [0.5, 0.6) is 0 Å². The number of aryl methyl sites for hydroxylation is 1. The maximum absolute atomic E-state index is 6.29. The molecular formula is C15H25ClN2. The average Bonchev–Trinajstić information content (AvgIpc) is 2.37. The van der Waals surface area contributed by atoms with Crippen molar-refractivity contribution in [1.82, 2.24) is 10.2 Å². The molecule has 0 amide bonds. The molecule has 1 rings (SSSR count). The summed E-state index contributed by atoms with van der Waals surface area (Å²) >= 11 is 6.29. The van der Waals surface area contributed by atoms with Gasteiger partial charge in [0.25, 0.3) is 0 Å². The van der Waals surface area contributed by atoms with Crippen LogP contribution in [0.4, 0.5) is 0 Å². The first-order chi connectivity index (χ1) is 8.58. The molecule has 0 aliphatic heterocycles. The van der Waals surface area contributed by atoms with Gasteiger partial charge in [-0.25, -0.2) is 0 Å². The van der Waals surface area contributed by atoms with Gasteiger partial charge in [0.15, 0.2) is 0 Å². The molecule has 1 aromatic carbocycles. The first kappa shape index (κ1) is 15.5. The van der Waals surface area contributed by atoms with Crippen LogP contribution in [0.2, 0.25) is 5.02 Å². The van der Waals surface area contributed by atoms with Gasteiger partial charge in [0.05, 0.1) is 0 Å². The quantitative estimate of drug-likeness (QED) is 0.815. The molecule has 0 saturated carbocycles. The highest BCUT2D eigenvalue weighted by Crippen LogP contribution is 2.20. The summed E-state index contributed by atoms with van der Waals surface area (Å²) in [6, 6.07) is 6.67. The minimum absolute atomic E-state index is 0.474. The van der Waals surface area contributed by atoms with Crippen LogP contribution < -0.4 is 5.32 Å². The van der Waals surface area contributed by atoms with Gasteiger partial charge in [0.1, 0.15) is 0 Å². The monoisotopic (exact) mass is 268 g/mol. The fourth-order valence-electron chi connectivity index (χ4n) is 2.06. The van der Waals surface area contributed by atoms with Crippen LogP contribution in [0, 0.1) is 6.92 Å². The second-order valence-electron chi connectivity index (χ2n) is 4.82. The standard InChI is InChI=1S/C15H25ClN2/c1-5-18(6-2)11-13(4)17-10-14-9-7-8-12(3)15(14)16/h7-9,13,17H,5-6,10-11H2,1-4H3. The van der Waals surface area contributed by atoms with Gasteiger partial charge in [-0.1, -0.05) is 43.6 Å². The van der Waals surface area contributed by atoms with Crippen molar-refractivity contribution in [1.29, 1.82) is 0 Å². The lowest BCUT2D eigenvalue weighted by molar-refractivity contribution is 0.270. The third kappa shape index (κ3) is 4.60. The first-order valence-corrected chi connectivity index (χ1v) is 7.16. The smallest absolute Gasteiger partial charge is 0.0480 e. The van der Waals surface area contributed by atoms with Gasteiger partial charge in [0, 0.05) is 24.2 Å². The third-order valence-electron chi connectivity index (χ3n) is 3.34. The van der Waals surface area contributed by atoms with Gasteiger partial charge in [-0.2, -0.15) is 0 Å². The number of benzene rings is 1. The summed E-state index contributed by atoms with van der Waals surface area (Å²) in [6.07, 6.45) is 0. The zero-order valence-corrected chi connectivity index (χ0v) is 12.7. The minimum atomic E-state index is 0.474. The van der Waals surface area contributed by atoms with E-state index in [1.54, 1.807) is 0 Å². The van der Waals surface area contributed by atoms with E-state index < -0.39 is 0 Å². The van der Waals surface area contributed by atoms with Gasteiger partial charge in [0.2, 0.25) is 0 Å². The van der Waals surface area contributed by atoms with Crippen molar-refractivity contribution < 1.29 is 0 Å². The Labute approximate surface area is 116 Å². The van der Waals surface area contributed by atoms with Crippen molar-refractivity contribution in [3.8, 4) is 0 Å². The van der Waals surface area contributed by atoms with Gasteiger partial charge < -0.3 is 10.2 Å². The van der Waals surface area contributed by atoms with Crippen LogP contribution in [0.25, 0.3) is 0 Å². The molecule has 0 saturated heterocycles. The van der Waals surface area contributed by atoms with Gasteiger partial charge >= 0.3 is 0 Å². The fourth-order valence-corrected chi connectivity index (χ4v) is 2.26. The second kappa shape index (κ2) is 7.78. The lowest BCUT2D eigenvalue weighted by Gasteiger charge is -2.23. The molecule has 1 unspecified atom stereocenters. The number of nitrogens with one attached hydrogen (secondary N) is 1. The van der Waals surface area contributed by atoms with Crippen molar-refractivity contribution >= 4 is 11.6 Å². The molecule has 102 valence electrons. The van der Waals surface area contributed by atoms with Crippen molar-refractivity contribution in [2.75, 3.05) is 19.6 Å². The van der Waals surface area contributed by atoms with E-state index in [1.807, 2.05) is 13.0 Å². The van der Waals surface area contributed by atoms with E-state index >= 15 is 0 Å². The van der Waals surface area contributed by atoms with Crippen LogP contribution >= 0.6 is 11.6 Å². The molecule has 0 aliphatic rings. The highest BCUT2D eigenvalue weighted by Gasteiger charge is 2.08. The molecule has 1 atom stereocenters. The lowest BCUT2D eigenvalue weighted by Crippen LogP contribution is -2.38. The molecule has 0 spiro atoms. The molecule has 0 fully saturated rings. The third-order valence-corrected chi connectivity index (χ3v) is 3.88. The summed E-state index contributed by atoms with van der Waals surface area (Å²) in [7, 11) is 0. The summed E-state index contributed by atoms with van der Waals surface area (Å²) in [5.41, 5.74) is 2.33. The fraction of sp³-hybridized carbons (Fsp3) is 0.600. The largest absolute Gasteiger partial charge is 0.309 e. The number of rotatable bonds is 7. The molecule has 0 aromatic heterocycles. The first-order valence-electron chi connectivity index (χ1n) is 6.78. The lowest BCUT2D eigenvalue weighted by atomic mass is 10.1. The van der Waals surface area contributed by atoms with E-state index in [0.29, 0.717) is 6.04 Å². The Bertz CT molecular complexity index is 362. The Hall–Kier alpha value is -0.570. The number of hydrogen-bond acceptors (Lipinski definition) is 2. The zero-order chi connectivity index (χ0) is 13.5. The molecule has 1 aromatic rings. The van der Waals surface area contributed by atoms with Crippen molar-refractivity contribution in [2.24, 2.45) is 0 Å². The Balaban J connectivity index is 2.47. The molecule has 0 radical (unpaired) electrons. The molecule has 0 aliphatic carbocycles. The summed E-state index contributed by atoms with van der Waals surface area (Å²) < 4.78 is 0. The Kier molecular flexibility index (Phi) is 6.69. The van der Waals surface area contributed by atoms with Crippen LogP contribution in [0.1, 0.15) is 31.9 Å². The normalized spacial score (nSPS) is 13.0. The number of nitrogens with zero attached hydrogens (tertiary/aromatic N) is 1. The van der Waals surface area contributed by atoms with E-state index in [9.17, 15) is 0 Å². The molecule has 0 heterocycles. The SMILES string of the molecule is CCN(CC)CC(C)NCc1cccc(C)c1Cl. The highest BCUT2D eigenvalue weighted by molar-refractivity contribution is 6.32. The number of likely N-dealkylation sites (N-methyl/N-ethyl adjacent to an activating group) is 1.